The van der Waals surface area contributed by atoms with Gasteiger partial charge >= 0.3 is 0 Å². The van der Waals surface area contributed by atoms with Gasteiger partial charge in [0, 0.05) is 10.5 Å². The van der Waals surface area contributed by atoms with Gasteiger partial charge in [-0.3, -0.25) is 0 Å². The van der Waals surface area contributed by atoms with E-state index >= 15 is 0 Å². The molecule has 27 heavy (non-hydrogen) atoms. The first kappa shape index (κ1) is 19.1. The first-order chi connectivity index (χ1) is 13.2. The second-order valence-corrected chi connectivity index (χ2v) is 14.8. The van der Waals surface area contributed by atoms with Gasteiger partial charge in [0.1, 0.15) is 23.2 Å². The van der Waals surface area contributed by atoms with Crippen LogP contribution in [0.1, 0.15) is 20.3 Å². The van der Waals surface area contributed by atoms with Crippen LogP contribution in [-0.2, 0) is 0 Å². The van der Waals surface area contributed by atoms with E-state index in [2.05, 4.69) is 128 Å². The molecule has 0 spiro atoms. The molecule has 0 N–H and O–H groups in total. The van der Waals surface area contributed by atoms with Crippen molar-refractivity contribution >= 4 is 46.7 Å². The van der Waals surface area contributed by atoms with Crippen LogP contribution >= 0.6 is 30.8 Å². The maximum Gasteiger partial charge on any atom is 0.174 e. The summed E-state index contributed by atoms with van der Waals surface area (Å²) in [5.74, 6) is 0. The SMILES string of the molecule is C[C@@H]1C[C@H](C)SC([P+](c2ccccc2)(c2ccccc2)c2ccccc2)S1. The number of rotatable bonds is 4. The zero-order valence-corrected chi connectivity index (χ0v) is 18.4. The van der Waals surface area contributed by atoms with E-state index in [1.54, 1.807) is 0 Å². The molecule has 3 heteroatoms. The lowest BCUT2D eigenvalue weighted by Crippen LogP contribution is -2.39. The van der Waals surface area contributed by atoms with Crippen molar-refractivity contribution in [3.05, 3.63) is 91.0 Å². The van der Waals surface area contributed by atoms with Crippen molar-refractivity contribution in [3.63, 3.8) is 0 Å². The Labute approximate surface area is 172 Å². The van der Waals surface area contributed by atoms with Gasteiger partial charge in [-0.25, -0.2) is 0 Å². The van der Waals surface area contributed by atoms with E-state index in [0.29, 0.717) is 14.8 Å². The zero-order chi connectivity index (χ0) is 18.7. The molecule has 0 amide bonds. The van der Waals surface area contributed by atoms with Gasteiger partial charge < -0.3 is 0 Å². The minimum Gasteiger partial charge on any atom is -0.103 e. The Morgan fingerprint density at radius 2 is 0.926 bits per heavy atom. The number of thioether (sulfide) groups is 2. The van der Waals surface area contributed by atoms with Gasteiger partial charge in [0.2, 0.25) is 0 Å². The minimum absolute atomic E-state index is 0.545. The molecule has 0 aliphatic carbocycles. The van der Waals surface area contributed by atoms with Crippen molar-refractivity contribution in [2.75, 3.05) is 0 Å². The van der Waals surface area contributed by atoms with Crippen LogP contribution in [-0.4, -0.2) is 14.8 Å². The average Bonchev–Trinajstić information content (AvgIpc) is 2.70. The summed E-state index contributed by atoms with van der Waals surface area (Å²) in [5.41, 5.74) is 0. The Hall–Kier alpha value is -1.21. The van der Waals surface area contributed by atoms with Crippen molar-refractivity contribution < 1.29 is 0 Å². The van der Waals surface area contributed by atoms with Crippen LogP contribution < -0.4 is 15.9 Å². The molecule has 1 heterocycles. The van der Waals surface area contributed by atoms with Gasteiger partial charge in [-0.1, -0.05) is 68.4 Å². The molecule has 3 atom stereocenters. The second kappa shape index (κ2) is 8.43. The van der Waals surface area contributed by atoms with E-state index in [1.807, 2.05) is 0 Å². The van der Waals surface area contributed by atoms with Gasteiger partial charge in [-0.15, -0.1) is 23.5 Å². The number of hydrogen-bond donors (Lipinski definition) is 0. The predicted molar refractivity (Wildman–Crippen MR) is 128 cm³/mol. The standard InChI is InChI=1S/C24H26PS2/c1-19-18-20(2)27-24(26-19)25(21-12-6-3-7-13-21,22-14-8-4-9-15-22)23-16-10-5-11-17-23/h3-17,19-20,24H,18H2,1-2H3/q+1/t19-,20+,24?. The molecule has 1 aliphatic heterocycles. The molecule has 0 aromatic heterocycles. The average molecular weight is 410 g/mol. The lowest BCUT2D eigenvalue weighted by atomic mass is 10.3. The molecule has 4 rings (SSSR count). The van der Waals surface area contributed by atoms with Gasteiger partial charge in [0.25, 0.3) is 0 Å². The highest BCUT2D eigenvalue weighted by molar-refractivity contribution is 8.30. The van der Waals surface area contributed by atoms with Crippen molar-refractivity contribution in [1.29, 1.82) is 0 Å². The van der Waals surface area contributed by atoms with Crippen molar-refractivity contribution in [1.82, 2.24) is 0 Å². The minimum atomic E-state index is -1.78. The molecule has 1 aliphatic rings. The Morgan fingerprint density at radius 1 is 0.593 bits per heavy atom. The lowest BCUT2D eigenvalue weighted by Gasteiger charge is -2.39. The third-order valence-corrected chi connectivity index (χ3v) is 14.2. The highest BCUT2D eigenvalue weighted by atomic mass is 32.2. The van der Waals surface area contributed by atoms with Crippen LogP contribution in [0.15, 0.2) is 91.0 Å². The molecule has 1 fully saturated rings. The molecule has 1 saturated heterocycles. The van der Waals surface area contributed by atoms with E-state index in [0.717, 1.165) is 0 Å². The molecule has 0 radical (unpaired) electrons. The first-order valence-electron chi connectivity index (χ1n) is 9.58. The third kappa shape index (κ3) is 3.73. The van der Waals surface area contributed by atoms with Crippen LogP contribution in [0.25, 0.3) is 0 Å². The zero-order valence-electron chi connectivity index (χ0n) is 15.9. The van der Waals surface area contributed by atoms with Crippen LogP contribution in [0.5, 0.6) is 0 Å². The monoisotopic (exact) mass is 409 g/mol. The van der Waals surface area contributed by atoms with Crippen LogP contribution in [0.4, 0.5) is 0 Å². The van der Waals surface area contributed by atoms with E-state index in [9.17, 15) is 0 Å². The Bertz CT molecular complexity index is 745. The van der Waals surface area contributed by atoms with Crippen molar-refractivity contribution in [2.45, 2.75) is 35.1 Å². The van der Waals surface area contributed by atoms with E-state index < -0.39 is 7.26 Å². The van der Waals surface area contributed by atoms with Gasteiger partial charge in [-0.2, -0.15) is 0 Å². The fourth-order valence-corrected chi connectivity index (χ4v) is 15.6. The van der Waals surface area contributed by atoms with Gasteiger partial charge in [-0.05, 0) is 42.8 Å². The van der Waals surface area contributed by atoms with Crippen LogP contribution in [0.3, 0.4) is 0 Å². The molecule has 1 unspecified atom stereocenters. The fraction of sp³-hybridized carbons (Fsp3) is 0.250. The number of hydrogen-bond acceptors (Lipinski definition) is 2. The molecule has 3 aromatic carbocycles. The lowest BCUT2D eigenvalue weighted by molar-refractivity contribution is 0.797. The third-order valence-electron chi connectivity index (χ3n) is 5.17. The molecular weight excluding hydrogens is 383 g/mol. The quantitative estimate of drug-likeness (QED) is 0.491. The summed E-state index contributed by atoms with van der Waals surface area (Å²) in [4.78, 5) is 0. The van der Waals surface area contributed by atoms with E-state index in [1.165, 1.54) is 22.3 Å². The maximum atomic E-state index is 2.41. The first-order valence-corrected chi connectivity index (χ1v) is 13.3. The van der Waals surface area contributed by atoms with Crippen LogP contribution in [0.2, 0.25) is 0 Å². The highest BCUT2D eigenvalue weighted by Gasteiger charge is 2.55. The smallest absolute Gasteiger partial charge is 0.103 e. The number of benzene rings is 3. The molecule has 3 aromatic rings. The molecule has 138 valence electrons. The van der Waals surface area contributed by atoms with Gasteiger partial charge in [0.15, 0.2) is 4.32 Å². The Kier molecular flexibility index (Phi) is 5.97. The summed E-state index contributed by atoms with van der Waals surface area (Å²) < 4.78 is 0.545. The second-order valence-electron chi connectivity index (χ2n) is 7.17. The predicted octanol–water partition coefficient (Wildman–Crippen LogP) is 5.91. The van der Waals surface area contributed by atoms with E-state index in [4.69, 9.17) is 0 Å². The summed E-state index contributed by atoms with van der Waals surface area (Å²) in [7, 11) is -1.78. The maximum absolute atomic E-state index is 2.41. The summed E-state index contributed by atoms with van der Waals surface area (Å²) in [6.07, 6.45) is 1.30. The molecular formula is C24H26PS2+. The van der Waals surface area contributed by atoms with Crippen molar-refractivity contribution in [2.24, 2.45) is 0 Å². The normalized spacial score (nSPS) is 23.1. The molecule has 0 nitrogen and oxygen atoms in total. The summed E-state index contributed by atoms with van der Waals surface area (Å²) in [6.45, 7) is 4.81. The Morgan fingerprint density at radius 3 is 1.26 bits per heavy atom. The summed E-state index contributed by atoms with van der Waals surface area (Å²) in [6, 6.07) is 33.8. The van der Waals surface area contributed by atoms with Gasteiger partial charge in [0.05, 0.1) is 0 Å². The summed E-state index contributed by atoms with van der Waals surface area (Å²) in [5, 5.41) is 5.87. The molecule has 0 saturated carbocycles. The van der Waals surface area contributed by atoms with Crippen LogP contribution in [0, 0.1) is 0 Å². The fourth-order valence-electron chi connectivity index (χ4n) is 3.99. The molecule has 0 bridgehead atoms. The van der Waals surface area contributed by atoms with Crippen molar-refractivity contribution in [3.8, 4) is 0 Å². The largest absolute Gasteiger partial charge is 0.174 e. The Balaban J connectivity index is 2.00. The topological polar surface area (TPSA) is 0 Å². The highest BCUT2D eigenvalue weighted by Crippen LogP contribution is 2.69. The van der Waals surface area contributed by atoms with E-state index in [-0.39, 0.29) is 0 Å². The summed E-state index contributed by atoms with van der Waals surface area (Å²) >= 11 is 4.39.